The van der Waals surface area contributed by atoms with Crippen LogP contribution in [-0.4, -0.2) is 66.3 Å². The first-order valence-corrected chi connectivity index (χ1v) is 7.28. The second-order valence-corrected chi connectivity index (χ2v) is 5.35. The molecule has 0 bridgehead atoms. The molecule has 0 spiro atoms. The molecule has 1 saturated heterocycles. The van der Waals surface area contributed by atoms with E-state index in [4.69, 9.17) is 9.84 Å². The fourth-order valence-electron chi connectivity index (χ4n) is 2.45. The lowest BCUT2D eigenvalue weighted by Crippen LogP contribution is -2.52. The van der Waals surface area contributed by atoms with Crippen molar-refractivity contribution >= 4 is 12.0 Å². The predicted molar refractivity (Wildman–Crippen MR) is 75.7 cm³/mol. The molecule has 2 amide bonds. The van der Waals surface area contributed by atoms with Gasteiger partial charge in [0.15, 0.2) is 0 Å². The number of amides is 2. The quantitative estimate of drug-likeness (QED) is 0.806. The second-order valence-electron chi connectivity index (χ2n) is 5.35. The van der Waals surface area contributed by atoms with Crippen LogP contribution in [0.1, 0.15) is 33.1 Å². The Hall–Kier alpha value is -1.30. The highest BCUT2D eigenvalue weighted by atomic mass is 16.5. The molecule has 0 aromatic heterocycles. The van der Waals surface area contributed by atoms with Crippen molar-refractivity contribution in [1.29, 1.82) is 0 Å². The maximum atomic E-state index is 12.6. The van der Waals surface area contributed by atoms with Gasteiger partial charge in [-0.3, -0.25) is 4.79 Å². The van der Waals surface area contributed by atoms with Crippen LogP contribution in [0, 0.1) is 5.92 Å². The number of rotatable bonds is 6. The number of carboxylic acids is 1. The first-order valence-electron chi connectivity index (χ1n) is 7.28. The summed E-state index contributed by atoms with van der Waals surface area (Å²) in [6, 6.07) is 0.0604. The summed E-state index contributed by atoms with van der Waals surface area (Å²) in [5, 5.41) is 9.10. The maximum Gasteiger partial charge on any atom is 0.320 e. The predicted octanol–water partition coefficient (Wildman–Crippen LogP) is 1.65. The third-order valence-electron chi connectivity index (χ3n) is 3.95. The van der Waals surface area contributed by atoms with Crippen molar-refractivity contribution in [1.82, 2.24) is 9.80 Å². The monoisotopic (exact) mass is 286 g/mol. The number of urea groups is 1. The SMILES string of the molecule is CCC(C)N(CCOC)C(=O)N1CCC[C@H](C(=O)O)C1. The molecule has 1 N–H and O–H groups in total. The number of carboxylic acid groups (broad SMARTS) is 1. The van der Waals surface area contributed by atoms with Gasteiger partial charge in [-0.2, -0.15) is 0 Å². The lowest BCUT2D eigenvalue weighted by Gasteiger charge is -2.37. The van der Waals surface area contributed by atoms with Crippen LogP contribution in [0.2, 0.25) is 0 Å². The Kier molecular flexibility index (Phi) is 6.78. The summed E-state index contributed by atoms with van der Waals surface area (Å²) < 4.78 is 5.06. The topological polar surface area (TPSA) is 70.1 Å². The van der Waals surface area contributed by atoms with E-state index >= 15 is 0 Å². The minimum atomic E-state index is -0.811. The Labute approximate surface area is 120 Å². The van der Waals surface area contributed by atoms with E-state index in [0.29, 0.717) is 32.7 Å². The fraction of sp³-hybridized carbons (Fsp3) is 0.857. The summed E-state index contributed by atoms with van der Waals surface area (Å²) in [6.07, 6.45) is 2.27. The molecule has 20 heavy (non-hydrogen) atoms. The van der Waals surface area contributed by atoms with Crippen molar-refractivity contribution < 1.29 is 19.4 Å². The van der Waals surface area contributed by atoms with Gasteiger partial charge in [0.25, 0.3) is 0 Å². The highest BCUT2D eigenvalue weighted by Crippen LogP contribution is 2.19. The maximum absolute atomic E-state index is 12.6. The summed E-state index contributed by atoms with van der Waals surface area (Å²) >= 11 is 0. The summed E-state index contributed by atoms with van der Waals surface area (Å²) in [7, 11) is 1.61. The number of aliphatic carboxylic acids is 1. The molecule has 1 rings (SSSR count). The molecule has 1 unspecified atom stereocenters. The Bertz CT molecular complexity index is 335. The highest BCUT2D eigenvalue weighted by molar-refractivity contribution is 5.77. The Morgan fingerprint density at radius 3 is 2.75 bits per heavy atom. The number of hydrogen-bond acceptors (Lipinski definition) is 3. The number of likely N-dealkylation sites (tertiary alicyclic amines) is 1. The molecule has 1 fully saturated rings. The van der Waals surface area contributed by atoms with Crippen LogP contribution in [0.4, 0.5) is 4.79 Å². The largest absolute Gasteiger partial charge is 0.481 e. The van der Waals surface area contributed by atoms with Gasteiger partial charge in [-0.25, -0.2) is 4.79 Å². The summed E-state index contributed by atoms with van der Waals surface area (Å²) in [4.78, 5) is 27.1. The summed E-state index contributed by atoms with van der Waals surface area (Å²) in [5.74, 6) is -1.25. The molecular formula is C14H26N2O4. The molecule has 6 heteroatoms. The van der Waals surface area contributed by atoms with Crippen LogP contribution in [0.3, 0.4) is 0 Å². The van der Waals surface area contributed by atoms with Crippen LogP contribution < -0.4 is 0 Å². The molecule has 1 aliphatic heterocycles. The third-order valence-corrected chi connectivity index (χ3v) is 3.95. The molecule has 0 radical (unpaired) electrons. The zero-order valence-electron chi connectivity index (χ0n) is 12.7. The zero-order valence-corrected chi connectivity index (χ0v) is 12.7. The fourth-order valence-corrected chi connectivity index (χ4v) is 2.45. The average Bonchev–Trinajstić information content (AvgIpc) is 2.47. The number of piperidine rings is 1. The van der Waals surface area contributed by atoms with E-state index in [1.807, 2.05) is 13.8 Å². The van der Waals surface area contributed by atoms with Crippen molar-refractivity contribution in [2.24, 2.45) is 5.92 Å². The second kappa shape index (κ2) is 8.09. The van der Waals surface area contributed by atoms with E-state index in [0.717, 1.165) is 12.8 Å². The van der Waals surface area contributed by atoms with Crippen LogP contribution in [0.15, 0.2) is 0 Å². The molecular weight excluding hydrogens is 260 g/mol. The first-order chi connectivity index (χ1) is 9.51. The standard InChI is InChI=1S/C14H26N2O4/c1-4-11(2)16(8-9-20-3)14(19)15-7-5-6-12(10-15)13(17)18/h11-12H,4-10H2,1-3H3,(H,17,18)/t11?,12-/m0/s1. The van der Waals surface area contributed by atoms with Crippen LogP contribution in [-0.2, 0) is 9.53 Å². The Balaban J connectivity index is 2.69. The number of nitrogens with zero attached hydrogens (tertiary/aromatic N) is 2. The summed E-state index contributed by atoms with van der Waals surface area (Å²) in [5.41, 5.74) is 0. The summed E-state index contributed by atoms with van der Waals surface area (Å²) in [6.45, 7) is 6.03. The van der Waals surface area contributed by atoms with Gasteiger partial charge >= 0.3 is 12.0 Å². The van der Waals surface area contributed by atoms with Gasteiger partial charge < -0.3 is 19.6 Å². The third kappa shape index (κ3) is 4.37. The molecule has 116 valence electrons. The van der Waals surface area contributed by atoms with Crippen molar-refractivity contribution in [3.05, 3.63) is 0 Å². The molecule has 2 atom stereocenters. The molecule has 1 heterocycles. The lowest BCUT2D eigenvalue weighted by atomic mass is 9.98. The lowest BCUT2D eigenvalue weighted by molar-refractivity contribution is -0.143. The number of hydrogen-bond donors (Lipinski definition) is 1. The molecule has 0 saturated carbocycles. The number of carbonyl (C=O) groups excluding carboxylic acids is 1. The van der Waals surface area contributed by atoms with Gasteiger partial charge in [-0.05, 0) is 26.2 Å². The van der Waals surface area contributed by atoms with Crippen molar-refractivity contribution in [3.63, 3.8) is 0 Å². The minimum absolute atomic E-state index is 0.0673. The molecule has 0 aromatic carbocycles. The van der Waals surface area contributed by atoms with E-state index in [9.17, 15) is 9.59 Å². The smallest absolute Gasteiger partial charge is 0.320 e. The molecule has 1 aliphatic rings. The number of ether oxygens (including phenoxy) is 1. The van der Waals surface area contributed by atoms with E-state index < -0.39 is 11.9 Å². The van der Waals surface area contributed by atoms with Crippen LogP contribution in [0.25, 0.3) is 0 Å². The van der Waals surface area contributed by atoms with Gasteiger partial charge in [0.05, 0.1) is 12.5 Å². The van der Waals surface area contributed by atoms with Gasteiger partial charge in [0, 0.05) is 32.8 Å². The van der Waals surface area contributed by atoms with Gasteiger partial charge in [0.2, 0.25) is 0 Å². The molecule has 0 aliphatic carbocycles. The van der Waals surface area contributed by atoms with Crippen LogP contribution in [0.5, 0.6) is 0 Å². The van der Waals surface area contributed by atoms with Gasteiger partial charge in [-0.1, -0.05) is 6.92 Å². The van der Waals surface area contributed by atoms with E-state index in [1.165, 1.54) is 0 Å². The highest BCUT2D eigenvalue weighted by Gasteiger charge is 2.31. The van der Waals surface area contributed by atoms with E-state index in [-0.39, 0.29) is 12.1 Å². The Morgan fingerprint density at radius 1 is 1.50 bits per heavy atom. The van der Waals surface area contributed by atoms with Crippen molar-refractivity contribution in [2.75, 3.05) is 33.4 Å². The number of methoxy groups -OCH3 is 1. The van der Waals surface area contributed by atoms with Gasteiger partial charge in [0.1, 0.15) is 0 Å². The molecule has 6 nitrogen and oxygen atoms in total. The Morgan fingerprint density at radius 2 is 2.20 bits per heavy atom. The molecule has 0 aromatic rings. The van der Waals surface area contributed by atoms with Gasteiger partial charge in [-0.15, -0.1) is 0 Å². The minimum Gasteiger partial charge on any atom is -0.481 e. The van der Waals surface area contributed by atoms with E-state index in [2.05, 4.69) is 0 Å². The average molecular weight is 286 g/mol. The zero-order chi connectivity index (χ0) is 15.1. The van der Waals surface area contributed by atoms with Crippen molar-refractivity contribution in [2.45, 2.75) is 39.2 Å². The van der Waals surface area contributed by atoms with Crippen LogP contribution >= 0.6 is 0 Å². The van der Waals surface area contributed by atoms with Crippen molar-refractivity contribution in [3.8, 4) is 0 Å². The van der Waals surface area contributed by atoms with E-state index in [1.54, 1.807) is 16.9 Å². The normalized spacial score (nSPS) is 20.6. The first kappa shape index (κ1) is 16.8. The number of carbonyl (C=O) groups is 2.